The molecule has 2 aromatic carbocycles. The zero-order chi connectivity index (χ0) is 24.5. The molecule has 1 aliphatic heterocycles. The van der Waals surface area contributed by atoms with Crippen molar-refractivity contribution in [2.24, 2.45) is 0 Å². The zero-order valence-electron chi connectivity index (χ0n) is 17.7. The van der Waals surface area contributed by atoms with Crippen LogP contribution in [-0.4, -0.2) is 43.6 Å². The number of esters is 1. The van der Waals surface area contributed by atoms with Gasteiger partial charge in [-0.25, -0.2) is 13.2 Å². The molecule has 6 nitrogen and oxygen atoms in total. The van der Waals surface area contributed by atoms with Crippen molar-refractivity contribution < 1.29 is 23.1 Å². The number of likely N-dealkylation sites (tertiary alicyclic amines) is 1. The molecule has 1 unspecified atom stereocenters. The minimum Gasteiger partial charge on any atom is -0.507 e. The standard InChI is InChI=1S/C23H20Cl3NO5S2/c24-19-20(22(26)33-21(19)25)34(30,31)13-15-6-7-17(18(28)10-15)23(29)32-16-8-9-27(12-16)11-14-4-2-1-3-5-14/h1-7,10,16,28H,8-9,11-13H2. The molecule has 11 heteroatoms. The number of thiophene rings is 1. The first-order valence-electron chi connectivity index (χ1n) is 10.3. The van der Waals surface area contributed by atoms with Crippen LogP contribution in [-0.2, 0) is 26.9 Å². The monoisotopic (exact) mass is 559 g/mol. The Balaban J connectivity index is 1.39. The second-order valence-corrected chi connectivity index (χ2v) is 12.5. The van der Waals surface area contributed by atoms with Gasteiger partial charge in [-0.05, 0) is 29.7 Å². The van der Waals surface area contributed by atoms with Gasteiger partial charge in [-0.15, -0.1) is 11.3 Å². The van der Waals surface area contributed by atoms with Crippen molar-refractivity contribution in [2.75, 3.05) is 13.1 Å². The second-order valence-electron chi connectivity index (χ2n) is 7.94. The van der Waals surface area contributed by atoms with Crippen LogP contribution in [0.5, 0.6) is 5.75 Å². The van der Waals surface area contributed by atoms with Gasteiger partial charge in [0, 0.05) is 19.6 Å². The zero-order valence-corrected chi connectivity index (χ0v) is 21.6. The summed E-state index contributed by atoms with van der Waals surface area (Å²) in [5.41, 5.74) is 1.42. The summed E-state index contributed by atoms with van der Waals surface area (Å²) in [7, 11) is -3.93. The van der Waals surface area contributed by atoms with Crippen LogP contribution in [0.3, 0.4) is 0 Å². The highest BCUT2D eigenvalue weighted by Gasteiger charge is 2.29. The van der Waals surface area contributed by atoms with Gasteiger partial charge in [0.1, 0.15) is 31.0 Å². The van der Waals surface area contributed by atoms with Gasteiger partial charge in [-0.1, -0.05) is 71.2 Å². The number of halogens is 3. The number of nitrogens with zero attached hydrogens (tertiary/aromatic N) is 1. The lowest BCUT2D eigenvalue weighted by Crippen LogP contribution is -2.24. The number of hydrogen-bond acceptors (Lipinski definition) is 7. The Kier molecular flexibility index (Phi) is 7.76. The van der Waals surface area contributed by atoms with E-state index in [0.717, 1.165) is 24.4 Å². The third-order valence-corrected chi connectivity index (χ3v) is 9.72. The van der Waals surface area contributed by atoms with Crippen LogP contribution in [0, 0.1) is 0 Å². The van der Waals surface area contributed by atoms with Crippen molar-refractivity contribution in [3.8, 4) is 5.75 Å². The van der Waals surface area contributed by atoms with Crippen molar-refractivity contribution in [1.82, 2.24) is 4.90 Å². The summed E-state index contributed by atoms with van der Waals surface area (Å²) in [6, 6.07) is 14.1. The number of phenolic OH excluding ortho intramolecular Hbond substituents is 1. The van der Waals surface area contributed by atoms with Crippen molar-refractivity contribution >= 4 is 61.9 Å². The minimum atomic E-state index is -3.93. The van der Waals surface area contributed by atoms with E-state index >= 15 is 0 Å². The summed E-state index contributed by atoms with van der Waals surface area (Å²) >= 11 is 18.7. The van der Waals surface area contributed by atoms with Crippen molar-refractivity contribution in [1.29, 1.82) is 0 Å². The average Bonchev–Trinajstić information content (AvgIpc) is 3.31. The first-order chi connectivity index (χ1) is 16.1. The summed E-state index contributed by atoms with van der Waals surface area (Å²) < 4.78 is 31.2. The predicted molar refractivity (Wildman–Crippen MR) is 134 cm³/mol. The molecule has 1 atom stereocenters. The lowest BCUT2D eigenvalue weighted by molar-refractivity contribution is 0.0317. The maximum absolute atomic E-state index is 12.8. The van der Waals surface area contributed by atoms with Crippen molar-refractivity contribution in [2.45, 2.75) is 29.7 Å². The summed E-state index contributed by atoms with van der Waals surface area (Å²) in [6.45, 7) is 2.17. The van der Waals surface area contributed by atoms with Crippen LogP contribution >= 0.6 is 46.1 Å². The van der Waals surface area contributed by atoms with Gasteiger partial charge < -0.3 is 9.84 Å². The number of benzene rings is 2. The van der Waals surface area contributed by atoms with E-state index in [1.165, 1.54) is 23.8 Å². The molecule has 1 N–H and O–H groups in total. The van der Waals surface area contributed by atoms with E-state index in [4.69, 9.17) is 39.5 Å². The highest BCUT2D eigenvalue weighted by Crippen LogP contribution is 2.44. The maximum atomic E-state index is 12.8. The Morgan fingerprint density at radius 1 is 1.09 bits per heavy atom. The molecule has 34 heavy (non-hydrogen) atoms. The SMILES string of the molecule is O=C(OC1CCN(Cc2ccccc2)C1)c1ccc(CS(=O)(=O)c2c(Cl)sc(Cl)c2Cl)cc1O. The first kappa shape index (κ1) is 25.3. The molecule has 0 saturated carbocycles. The summed E-state index contributed by atoms with van der Waals surface area (Å²) in [6.07, 6.45) is 0.406. The van der Waals surface area contributed by atoms with E-state index < -0.39 is 21.6 Å². The van der Waals surface area contributed by atoms with E-state index in [-0.39, 0.29) is 41.6 Å². The quantitative estimate of drug-likeness (QED) is 0.367. The van der Waals surface area contributed by atoms with Crippen LogP contribution in [0.1, 0.15) is 27.9 Å². The van der Waals surface area contributed by atoms with Crippen LogP contribution in [0.2, 0.25) is 13.7 Å². The Bertz CT molecular complexity index is 1310. The molecular weight excluding hydrogens is 541 g/mol. The molecule has 2 heterocycles. The highest BCUT2D eigenvalue weighted by molar-refractivity contribution is 7.91. The Morgan fingerprint density at radius 3 is 2.47 bits per heavy atom. The lowest BCUT2D eigenvalue weighted by Gasteiger charge is -2.16. The number of carbonyl (C=O) groups is 1. The molecule has 3 aromatic rings. The van der Waals surface area contributed by atoms with Gasteiger partial charge in [0.05, 0.1) is 10.8 Å². The van der Waals surface area contributed by atoms with E-state index in [9.17, 15) is 18.3 Å². The fraction of sp³-hybridized carbons (Fsp3) is 0.261. The van der Waals surface area contributed by atoms with E-state index in [2.05, 4.69) is 4.90 Å². The van der Waals surface area contributed by atoms with Gasteiger partial charge in [0.2, 0.25) is 0 Å². The number of aromatic hydroxyl groups is 1. The lowest BCUT2D eigenvalue weighted by atomic mass is 10.1. The number of carbonyl (C=O) groups excluding carboxylic acids is 1. The predicted octanol–water partition coefficient (Wildman–Crippen LogP) is 5.82. The number of hydrogen-bond donors (Lipinski definition) is 1. The summed E-state index contributed by atoms with van der Waals surface area (Å²) in [4.78, 5) is 14.6. The minimum absolute atomic E-state index is 0.0303. The molecule has 1 aliphatic rings. The normalized spacial score (nSPS) is 16.6. The van der Waals surface area contributed by atoms with Crippen LogP contribution in [0.4, 0.5) is 0 Å². The Hall–Kier alpha value is -1.81. The molecule has 1 aromatic heterocycles. The Labute approximate surface area is 216 Å². The molecular formula is C23H20Cl3NO5S2. The third kappa shape index (κ3) is 5.70. The van der Waals surface area contributed by atoms with Crippen LogP contribution in [0.15, 0.2) is 53.4 Å². The molecule has 180 valence electrons. The maximum Gasteiger partial charge on any atom is 0.342 e. The van der Waals surface area contributed by atoms with Crippen molar-refractivity contribution in [3.05, 3.63) is 78.9 Å². The molecule has 0 bridgehead atoms. The molecule has 0 radical (unpaired) electrons. The van der Waals surface area contributed by atoms with Gasteiger partial charge in [-0.2, -0.15) is 0 Å². The average molecular weight is 561 g/mol. The number of rotatable bonds is 7. The van der Waals surface area contributed by atoms with E-state index in [1.807, 2.05) is 30.3 Å². The smallest absolute Gasteiger partial charge is 0.342 e. The van der Waals surface area contributed by atoms with Crippen LogP contribution < -0.4 is 0 Å². The molecule has 0 spiro atoms. The van der Waals surface area contributed by atoms with Crippen molar-refractivity contribution in [3.63, 3.8) is 0 Å². The topological polar surface area (TPSA) is 83.9 Å². The van der Waals surface area contributed by atoms with E-state index in [1.54, 1.807) is 0 Å². The first-order valence-corrected chi connectivity index (χ1v) is 13.9. The highest BCUT2D eigenvalue weighted by atomic mass is 35.5. The number of phenols is 1. The van der Waals surface area contributed by atoms with Gasteiger partial charge in [-0.3, -0.25) is 4.90 Å². The third-order valence-electron chi connectivity index (χ3n) is 5.43. The van der Waals surface area contributed by atoms with Gasteiger partial charge in [0.25, 0.3) is 0 Å². The van der Waals surface area contributed by atoms with Crippen LogP contribution in [0.25, 0.3) is 0 Å². The Morgan fingerprint density at radius 2 is 1.82 bits per heavy atom. The summed E-state index contributed by atoms with van der Waals surface area (Å²) in [5.74, 6) is -1.49. The fourth-order valence-corrected chi connectivity index (χ4v) is 8.17. The number of sulfone groups is 1. The molecule has 0 amide bonds. The largest absolute Gasteiger partial charge is 0.507 e. The van der Waals surface area contributed by atoms with Gasteiger partial charge in [0.15, 0.2) is 9.84 Å². The molecule has 0 aliphatic carbocycles. The van der Waals surface area contributed by atoms with E-state index in [0.29, 0.717) is 13.0 Å². The van der Waals surface area contributed by atoms with Gasteiger partial charge >= 0.3 is 5.97 Å². The molecule has 4 rings (SSSR count). The molecule has 1 saturated heterocycles. The fourth-order valence-electron chi connectivity index (χ4n) is 3.83. The second kappa shape index (κ2) is 10.4. The summed E-state index contributed by atoms with van der Waals surface area (Å²) in [5, 5.41) is 10.3. The number of ether oxygens (including phenoxy) is 1. The molecule has 1 fully saturated rings.